The van der Waals surface area contributed by atoms with Crippen molar-refractivity contribution < 1.29 is 4.74 Å². The van der Waals surface area contributed by atoms with Gasteiger partial charge in [0.25, 0.3) is 0 Å². The first-order valence-electron chi connectivity index (χ1n) is 5.11. The highest BCUT2D eigenvalue weighted by Crippen LogP contribution is 2.33. The molecule has 1 unspecified atom stereocenters. The molecule has 2 rings (SSSR count). The molecule has 0 aliphatic carbocycles. The first kappa shape index (κ1) is 11.4. The summed E-state index contributed by atoms with van der Waals surface area (Å²) in [6.07, 6.45) is 3.61. The number of benzene rings is 1. The Labute approximate surface area is 103 Å². The second kappa shape index (κ2) is 4.80. The van der Waals surface area contributed by atoms with Crippen LogP contribution in [-0.2, 0) is 0 Å². The lowest BCUT2D eigenvalue weighted by Gasteiger charge is -2.14. The molecular formula is C12H13BrN2O. The number of nitrogens with zero attached hydrogens (tertiary/aromatic N) is 1. The number of ether oxygens (including phenoxy) is 1. The molecule has 0 bridgehead atoms. The number of hydrogen-bond donors (Lipinski definition) is 1. The Morgan fingerprint density at radius 1 is 1.44 bits per heavy atom. The first-order chi connectivity index (χ1) is 7.72. The van der Waals surface area contributed by atoms with Crippen LogP contribution in [0.3, 0.4) is 0 Å². The van der Waals surface area contributed by atoms with E-state index in [1.54, 1.807) is 6.20 Å². The molecule has 2 aromatic rings. The molecule has 0 spiro atoms. The SMILES string of the molecule is CC(CN)Oc1ccc2cnccc2c1Br. The third kappa shape index (κ3) is 2.18. The van der Waals surface area contributed by atoms with Crippen molar-refractivity contribution in [2.75, 3.05) is 6.54 Å². The minimum Gasteiger partial charge on any atom is -0.488 e. The van der Waals surface area contributed by atoms with E-state index in [4.69, 9.17) is 10.5 Å². The van der Waals surface area contributed by atoms with Crippen LogP contribution in [-0.4, -0.2) is 17.6 Å². The Hall–Kier alpha value is -1.13. The average molecular weight is 281 g/mol. The smallest absolute Gasteiger partial charge is 0.134 e. The van der Waals surface area contributed by atoms with Gasteiger partial charge in [-0.25, -0.2) is 0 Å². The first-order valence-corrected chi connectivity index (χ1v) is 5.90. The number of hydrogen-bond acceptors (Lipinski definition) is 3. The molecule has 1 aromatic heterocycles. The van der Waals surface area contributed by atoms with Crippen LogP contribution in [0.2, 0.25) is 0 Å². The maximum atomic E-state index is 5.71. The summed E-state index contributed by atoms with van der Waals surface area (Å²) in [5, 5.41) is 2.18. The number of rotatable bonds is 3. The van der Waals surface area contributed by atoms with E-state index >= 15 is 0 Å². The highest BCUT2D eigenvalue weighted by Gasteiger charge is 2.08. The van der Waals surface area contributed by atoms with Gasteiger partial charge >= 0.3 is 0 Å². The van der Waals surface area contributed by atoms with Gasteiger partial charge in [-0.1, -0.05) is 0 Å². The van der Waals surface area contributed by atoms with E-state index in [0.717, 1.165) is 21.0 Å². The van der Waals surface area contributed by atoms with Crippen molar-refractivity contribution in [1.82, 2.24) is 4.98 Å². The van der Waals surface area contributed by atoms with E-state index < -0.39 is 0 Å². The second-order valence-electron chi connectivity index (χ2n) is 3.64. The Morgan fingerprint density at radius 3 is 3.00 bits per heavy atom. The maximum absolute atomic E-state index is 5.71. The zero-order valence-electron chi connectivity index (χ0n) is 8.98. The van der Waals surface area contributed by atoms with Crippen LogP contribution in [0.4, 0.5) is 0 Å². The third-order valence-electron chi connectivity index (χ3n) is 2.38. The van der Waals surface area contributed by atoms with Gasteiger partial charge in [-0.3, -0.25) is 4.98 Å². The number of pyridine rings is 1. The van der Waals surface area contributed by atoms with Gasteiger partial charge < -0.3 is 10.5 Å². The Balaban J connectivity index is 2.44. The van der Waals surface area contributed by atoms with E-state index in [1.807, 2.05) is 31.3 Å². The molecule has 1 heterocycles. The molecule has 16 heavy (non-hydrogen) atoms. The summed E-state index contributed by atoms with van der Waals surface area (Å²) >= 11 is 3.55. The molecule has 0 amide bonds. The fourth-order valence-electron chi connectivity index (χ4n) is 1.47. The van der Waals surface area contributed by atoms with Crippen molar-refractivity contribution in [3.63, 3.8) is 0 Å². The van der Waals surface area contributed by atoms with Gasteiger partial charge in [0.05, 0.1) is 4.47 Å². The quantitative estimate of drug-likeness (QED) is 0.941. The molecular weight excluding hydrogens is 268 g/mol. The fraction of sp³-hybridized carbons (Fsp3) is 0.250. The van der Waals surface area contributed by atoms with Crippen molar-refractivity contribution >= 4 is 26.7 Å². The van der Waals surface area contributed by atoms with Gasteiger partial charge in [0.2, 0.25) is 0 Å². The molecule has 0 aliphatic rings. The Morgan fingerprint density at radius 2 is 2.25 bits per heavy atom. The lowest BCUT2D eigenvalue weighted by atomic mass is 10.2. The van der Waals surface area contributed by atoms with E-state index in [9.17, 15) is 0 Å². The van der Waals surface area contributed by atoms with Crippen LogP contribution in [0.1, 0.15) is 6.92 Å². The summed E-state index contributed by atoms with van der Waals surface area (Å²) < 4.78 is 6.66. The lowest BCUT2D eigenvalue weighted by molar-refractivity contribution is 0.229. The van der Waals surface area contributed by atoms with E-state index in [0.29, 0.717) is 6.54 Å². The highest BCUT2D eigenvalue weighted by atomic mass is 79.9. The average Bonchev–Trinajstić information content (AvgIpc) is 2.33. The number of fused-ring (bicyclic) bond motifs is 1. The highest BCUT2D eigenvalue weighted by molar-refractivity contribution is 9.10. The van der Waals surface area contributed by atoms with Crippen LogP contribution in [0, 0.1) is 0 Å². The third-order valence-corrected chi connectivity index (χ3v) is 3.20. The predicted molar refractivity (Wildman–Crippen MR) is 68.6 cm³/mol. The number of aromatic nitrogens is 1. The minimum atomic E-state index is 0.00980. The minimum absolute atomic E-state index is 0.00980. The van der Waals surface area contributed by atoms with Gasteiger partial charge in [-0.15, -0.1) is 0 Å². The van der Waals surface area contributed by atoms with Gasteiger partial charge in [-0.2, -0.15) is 0 Å². The van der Waals surface area contributed by atoms with E-state index in [-0.39, 0.29) is 6.10 Å². The molecule has 3 nitrogen and oxygen atoms in total. The maximum Gasteiger partial charge on any atom is 0.134 e. The number of nitrogens with two attached hydrogens (primary N) is 1. The predicted octanol–water partition coefficient (Wildman–Crippen LogP) is 2.72. The van der Waals surface area contributed by atoms with Crippen molar-refractivity contribution in [1.29, 1.82) is 0 Å². The standard InChI is InChI=1S/C12H13BrN2O/c1-8(6-14)16-11-3-2-9-7-15-5-4-10(9)12(11)13/h2-5,7-8H,6,14H2,1H3. The van der Waals surface area contributed by atoms with Crippen molar-refractivity contribution in [2.24, 2.45) is 5.73 Å². The Bertz CT molecular complexity index is 501. The molecule has 1 aromatic carbocycles. The molecule has 2 N–H and O–H groups in total. The van der Waals surface area contributed by atoms with E-state index in [1.165, 1.54) is 0 Å². The topological polar surface area (TPSA) is 48.1 Å². The molecule has 0 saturated carbocycles. The van der Waals surface area contributed by atoms with Crippen molar-refractivity contribution in [2.45, 2.75) is 13.0 Å². The summed E-state index contributed by atoms with van der Waals surface area (Å²) in [5.74, 6) is 0.816. The van der Waals surface area contributed by atoms with E-state index in [2.05, 4.69) is 20.9 Å². The zero-order valence-corrected chi connectivity index (χ0v) is 10.6. The molecule has 0 aliphatic heterocycles. The van der Waals surface area contributed by atoms with Crippen molar-refractivity contribution in [3.8, 4) is 5.75 Å². The largest absolute Gasteiger partial charge is 0.488 e. The molecule has 0 fully saturated rings. The van der Waals surface area contributed by atoms with Crippen LogP contribution < -0.4 is 10.5 Å². The van der Waals surface area contributed by atoms with Crippen LogP contribution in [0.15, 0.2) is 35.1 Å². The molecule has 84 valence electrons. The van der Waals surface area contributed by atoms with Gasteiger partial charge in [-0.05, 0) is 41.1 Å². The monoisotopic (exact) mass is 280 g/mol. The van der Waals surface area contributed by atoms with Gasteiger partial charge in [0, 0.05) is 29.7 Å². The van der Waals surface area contributed by atoms with Crippen LogP contribution in [0.25, 0.3) is 10.8 Å². The summed E-state index contributed by atoms with van der Waals surface area (Å²) in [6.45, 7) is 2.45. The van der Waals surface area contributed by atoms with Crippen molar-refractivity contribution in [3.05, 3.63) is 35.1 Å². The van der Waals surface area contributed by atoms with Crippen LogP contribution >= 0.6 is 15.9 Å². The zero-order chi connectivity index (χ0) is 11.5. The van der Waals surface area contributed by atoms with Crippen LogP contribution in [0.5, 0.6) is 5.75 Å². The summed E-state index contributed by atoms with van der Waals surface area (Å²) in [6, 6.07) is 5.88. The van der Waals surface area contributed by atoms with Gasteiger partial charge in [0.15, 0.2) is 0 Å². The summed E-state index contributed by atoms with van der Waals surface area (Å²) in [7, 11) is 0. The summed E-state index contributed by atoms with van der Waals surface area (Å²) in [5.41, 5.74) is 5.53. The fourth-order valence-corrected chi connectivity index (χ4v) is 2.05. The second-order valence-corrected chi connectivity index (χ2v) is 4.43. The molecule has 1 atom stereocenters. The lowest BCUT2D eigenvalue weighted by Crippen LogP contribution is -2.22. The summed E-state index contributed by atoms with van der Waals surface area (Å²) in [4.78, 5) is 4.08. The Kier molecular flexibility index (Phi) is 3.41. The van der Waals surface area contributed by atoms with Gasteiger partial charge in [0.1, 0.15) is 11.9 Å². The number of halogens is 1. The molecule has 4 heteroatoms. The normalized spacial score (nSPS) is 12.7. The molecule has 0 radical (unpaired) electrons. The molecule has 0 saturated heterocycles.